The lowest BCUT2D eigenvalue weighted by Gasteiger charge is -2.49. The lowest BCUT2D eigenvalue weighted by Crippen LogP contribution is -2.70. The largest absolute Gasteiger partial charge is 0.477 e. The Morgan fingerprint density at radius 3 is 2.88 bits per heavy atom. The number of hydrogen-bond acceptors (Lipinski definition) is 10. The number of amides is 2. The number of aromatic nitrogens is 2. The first-order chi connectivity index (χ1) is 15.4. The van der Waals surface area contributed by atoms with Gasteiger partial charge in [0.05, 0.1) is 15.0 Å². The van der Waals surface area contributed by atoms with Gasteiger partial charge in [-0.25, -0.2) is 4.79 Å². The Kier molecular flexibility index (Phi) is 7.34. The summed E-state index contributed by atoms with van der Waals surface area (Å²) in [5.41, 5.74) is 0.605. The van der Waals surface area contributed by atoms with Crippen LogP contribution in [0.15, 0.2) is 37.3 Å². The molecule has 1 saturated heterocycles. The van der Waals surface area contributed by atoms with Gasteiger partial charge < -0.3 is 10.4 Å². The molecular formula is C18H18N4O5S5. The number of hydrogen-bond donors (Lipinski definition) is 2. The van der Waals surface area contributed by atoms with Gasteiger partial charge >= 0.3 is 5.97 Å². The first-order valence-corrected chi connectivity index (χ1v) is 14.5. The molecule has 0 bridgehead atoms. The number of fused-ring (bicyclic) bond motifs is 1. The van der Waals surface area contributed by atoms with Crippen LogP contribution in [0.3, 0.4) is 0 Å². The highest BCUT2D eigenvalue weighted by atomic mass is 32.2. The van der Waals surface area contributed by atoms with Crippen LogP contribution in [0.4, 0.5) is 0 Å². The van der Waals surface area contributed by atoms with E-state index in [4.69, 9.17) is 0 Å². The summed E-state index contributed by atoms with van der Waals surface area (Å²) in [5, 5.41) is 22.7. The second kappa shape index (κ2) is 10.0. The number of β-lactam (4-membered cyclic amide) rings is 1. The second-order valence-electron chi connectivity index (χ2n) is 6.74. The number of carbonyl (C=O) groups is 3. The number of aryl methyl sites for hydroxylation is 1. The predicted molar refractivity (Wildman–Crippen MR) is 125 cm³/mol. The quantitative estimate of drug-likeness (QED) is 0.368. The molecule has 0 aliphatic carbocycles. The number of thioether (sulfide) groups is 2. The molecule has 2 unspecified atom stereocenters. The molecule has 4 heterocycles. The van der Waals surface area contributed by atoms with Crippen LogP contribution in [0, 0.1) is 0 Å². The Hall–Kier alpha value is -1.74. The standard InChI is InChI=1S/C18H18N4O5S5/c1-2-11-20-21-18(31-11)30-7-9-6-29-16-13(15(24)22(16)14(9)17(25)26)19-10(23)8-32(27)12-4-3-5-28-12/h3-5,13,16H,2,6-8H2,1H3,(H,19,23)(H,25,26)/t13?,16-,32?/m1/s1. The average Bonchev–Trinajstić information content (AvgIpc) is 3.47. The van der Waals surface area contributed by atoms with Gasteiger partial charge in [-0.15, -0.1) is 33.3 Å². The van der Waals surface area contributed by atoms with Gasteiger partial charge in [0.25, 0.3) is 5.91 Å². The van der Waals surface area contributed by atoms with E-state index in [1.165, 1.54) is 51.1 Å². The van der Waals surface area contributed by atoms with E-state index in [9.17, 15) is 23.7 Å². The molecule has 2 aromatic rings. The fourth-order valence-corrected chi connectivity index (χ4v) is 8.42. The molecular weight excluding hydrogens is 513 g/mol. The normalized spacial score (nSPS) is 21.2. The predicted octanol–water partition coefficient (Wildman–Crippen LogP) is 1.80. The Labute approximate surface area is 202 Å². The number of carbonyl (C=O) groups excluding carboxylic acids is 2. The molecule has 4 rings (SSSR count). The SMILES string of the molecule is CCc1nnc(SCC2=C(C(=O)O)N3C(=O)C(NC(=O)CS(=O)c4cccs4)[C@H]3SC2)s1. The van der Waals surface area contributed by atoms with Gasteiger partial charge in [-0.1, -0.05) is 36.1 Å². The van der Waals surface area contributed by atoms with Crippen LogP contribution >= 0.6 is 46.2 Å². The highest BCUT2D eigenvalue weighted by Gasteiger charge is 2.54. The second-order valence-corrected chi connectivity index (χ2v) is 12.8. The summed E-state index contributed by atoms with van der Waals surface area (Å²) in [6.45, 7) is 1.99. The number of carboxylic acid groups (broad SMARTS) is 1. The lowest BCUT2D eigenvalue weighted by atomic mass is 10.0. The molecule has 1 fully saturated rings. The fourth-order valence-electron chi connectivity index (χ4n) is 3.18. The van der Waals surface area contributed by atoms with E-state index < -0.39 is 40.0 Å². The number of nitrogens with one attached hydrogen (secondary N) is 1. The van der Waals surface area contributed by atoms with Crippen LogP contribution in [0.25, 0.3) is 0 Å². The van der Waals surface area contributed by atoms with Crippen LogP contribution < -0.4 is 5.32 Å². The van der Waals surface area contributed by atoms with Crippen molar-refractivity contribution in [2.24, 2.45) is 0 Å². The third kappa shape index (κ3) is 4.78. The molecule has 2 aliphatic rings. The van der Waals surface area contributed by atoms with Gasteiger partial charge in [-0.05, 0) is 23.4 Å². The maximum absolute atomic E-state index is 12.7. The smallest absolute Gasteiger partial charge is 0.352 e. The molecule has 3 atom stereocenters. The van der Waals surface area contributed by atoms with Crippen molar-refractivity contribution < 1.29 is 23.7 Å². The van der Waals surface area contributed by atoms with Crippen molar-refractivity contribution in [3.05, 3.63) is 33.8 Å². The lowest BCUT2D eigenvalue weighted by molar-refractivity contribution is -0.150. The molecule has 170 valence electrons. The summed E-state index contributed by atoms with van der Waals surface area (Å²) in [4.78, 5) is 38.2. The maximum atomic E-state index is 12.7. The topological polar surface area (TPSA) is 130 Å². The van der Waals surface area contributed by atoms with Gasteiger partial charge in [0, 0.05) is 11.5 Å². The molecule has 0 radical (unpaired) electrons. The summed E-state index contributed by atoms with van der Waals surface area (Å²) in [7, 11) is -1.48. The first-order valence-electron chi connectivity index (χ1n) is 9.45. The van der Waals surface area contributed by atoms with Gasteiger partial charge in [0.15, 0.2) is 4.34 Å². The summed E-state index contributed by atoms with van der Waals surface area (Å²) in [6, 6.07) is 2.62. The maximum Gasteiger partial charge on any atom is 0.352 e. The van der Waals surface area contributed by atoms with Crippen LogP contribution in [-0.4, -0.2) is 70.9 Å². The third-order valence-corrected chi connectivity index (χ3v) is 10.9. The minimum absolute atomic E-state index is 0.0286. The molecule has 32 heavy (non-hydrogen) atoms. The number of carboxylic acids is 1. The van der Waals surface area contributed by atoms with E-state index in [1.54, 1.807) is 17.5 Å². The van der Waals surface area contributed by atoms with E-state index >= 15 is 0 Å². The van der Waals surface area contributed by atoms with Gasteiger partial charge in [-0.3, -0.25) is 18.7 Å². The molecule has 2 amide bonds. The summed E-state index contributed by atoms with van der Waals surface area (Å²) in [5.74, 6) is -1.57. The molecule has 0 spiro atoms. The summed E-state index contributed by atoms with van der Waals surface area (Å²) >= 11 is 5.58. The number of nitrogens with zero attached hydrogens (tertiary/aromatic N) is 3. The zero-order valence-corrected chi connectivity index (χ0v) is 20.8. The zero-order chi connectivity index (χ0) is 22.8. The van der Waals surface area contributed by atoms with Crippen molar-refractivity contribution >= 4 is 74.8 Å². The van der Waals surface area contributed by atoms with Crippen molar-refractivity contribution in [1.29, 1.82) is 0 Å². The molecule has 14 heteroatoms. The zero-order valence-electron chi connectivity index (χ0n) is 16.7. The van der Waals surface area contributed by atoms with E-state index in [0.29, 0.717) is 21.3 Å². The number of aliphatic carboxylic acids is 1. The van der Waals surface area contributed by atoms with E-state index in [2.05, 4.69) is 15.5 Å². The monoisotopic (exact) mass is 530 g/mol. The van der Waals surface area contributed by atoms with Crippen LogP contribution in [0.5, 0.6) is 0 Å². The van der Waals surface area contributed by atoms with Crippen LogP contribution in [0.1, 0.15) is 11.9 Å². The first kappa shape index (κ1) is 23.4. The highest BCUT2D eigenvalue weighted by molar-refractivity contribution is 8.01. The minimum Gasteiger partial charge on any atom is -0.477 e. The van der Waals surface area contributed by atoms with Crippen molar-refractivity contribution in [2.45, 2.75) is 33.3 Å². The van der Waals surface area contributed by atoms with Crippen LogP contribution in [-0.2, 0) is 31.6 Å². The average molecular weight is 531 g/mol. The van der Waals surface area contributed by atoms with Crippen LogP contribution in [0.2, 0.25) is 0 Å². The Morgan fingerprint density at radius 1 is 1.41 bits per heavy atom. The molecule has 2 N–H and O–H groups in total. The Balaban J connectivity index is 1.40. The van der Waals surface area contributed by atoms with Crippen molar-refractivity contribution in [2.75, 3.05) is 17.3 Å². The fraction of sp³-hybridized carbons (Fsp3) is 0.389. The molecule has 9 nitrogen and oxygen atoms in total. The van der Waals surface area contributed by atoms with Crippen molar-refractivity contribution in [3.63, 3.8) is 0 Å². The molecule has 0 saturated carbocycles. The third-order valence-electron chi connectivity index (χ3n) is 4.67. The molecule has 0 aromatic carbocycles. The van der Waals surface area contributed by atoms with Crippen molar-refractivity contribution in [1.82, 2.24) is 20.4 Å². The molecule has 2 aliphatic heterocycles. The van der Waals surface area contributed by atoms with Gasteiger partial charge in [0.1, 0.15) is 27.9 Å². The Morgan fingerprint density at radius 2 is 2.22 bits per heavy atom. The molecule has 2 aromatic heterocycles. The number of rotatable bonds is 9. The summed E-state index contributed by atoms with van der Waals surface area (Å²) in [6.07, 6.45) is 0.787. The minimum atomic E-state index is -1.48. The van der Waals surface area contributed by atoms with E-state index in [0.717, 1.165) is 15.8 Å². The van der Waals surface area contributed by atoms with E-state index in [1.807, 2.05) is 6.92 Å². The van der Waals surface area contributed by atoms with Gasteiger partial charge in [-0.2, -0.15) is 0 Å². The van der Waals surface area contributed by atoms with E-state index in [-0.39, 0.29) is 11.4 Å². The highest BCUT2D eigenvalue weighted by Crippen LogP contribution is 2.41. The van der Waals surface area contributed by atoms with Crippen molar-refractivity contribution in [3.8, 4) is 0 Å². The Bertz CT molecular complexity index is 1100. The number of thiophene rings is 1. The summed E-state index contributed by atoms with van der Waals surface area (Å²) < 4.78 is 13.6. The van der Waals surface area contributed by atoms with Gasteiger partial charge in [0.2, 0.25) is 5.91 Å².